The first-order valence-corrected chi connectivity index (χ1v) is 5.11. The molecule has 3 N–H and O–H groups in total. The molecule has 0 aliphatic heterocycles. The predicted octanol–water partition coefficient (Wildman–Crippen LogP) is 1.89. The van der Waals surface area contributed by atoms with E-state index < -0.39 is 0 Å². The van der Waals surface area contributed by atoms with Crippen LogP contribution in [0.2, 0.25) is 0 Å². The van der Waals surface area contributed by atoms with Crippen molar-refractivity contribution < 1.29 is 0 Å². The zero-order valence-corrected chi connectivity index (χ0v) is 8.83. The van der Waals surface area contributed by atoms with Gasteiger partial charge in [-0.1, -0.05) is 23.8 Å². The highest BCUT2D eigenvalue weighted by Gasteiger charge is 2.02. The van der Waals surface area contributed by atoms with E-state index in [2.05, 4.69) is 41.4 Å². The number of aromatic nitrogens is 2. The van der Waals surface area contributed by atoms with Gasteiger partial charge < -0.3 is 5.73 Å². The van der Waals surface area contributed by atoms with Crippen LogP contribution in [0.25, 0.3) is 11.3 Å². The van der Waals surface area contributed by atoms with Gasteiger partial charge in [0, 0.05) is 17.7 Å². The van der Waals surface area contributed by atoms with Gasteiger partial charge in [-0.25, -0.2) is 0 Å². The van der Waals surface area contributed by atoms with Gasteiger partial charge in [-0.2, -0.15) is 5.10 Å². The fourth-order valence-electron chi connectivity index (χ4n) is 1.60. The minimum absolute atomic E-state index is 0.648. The Labute approximate surface area is 89.3 Å². The Balaban J connectivity index is 2.29. The molecule has 2 rings (SSSR count). The Hall–Kier alpha value is -1.61. The highest BCUT2D eigenvalue weighted by atomic mass is 15.1. The van der Waals surface area contributed by atoms with Crippen molar-refractivity contribution >= 4 is 0 Å². The molecule has 2 aromatic rings. The van der Waals surface area contributed by atoms with Crippen LogP contribution in [0.5, 0.6) is 0 Å². The molecule has 0 radical (unpaired) electrons. The summed E-state index contributed by atoms with van der Waals surface area (Å²) in [5.41, 5.74) is 9.96. The van der Waals surface area contributed by atoms with Crippen LogP contribution in [-0.4, -0.2) is 16.7 Å². The molecule has 0 aliphatic rings. The topological polar surface area (TPSA) is 54.7 Å². The largest absolute Gasteiger partial charge is 0.330 e. The lowest BCUT2D eigenvalue weighted by Crippen LogP contribution is -2.02. The van der Waals surface area contributed by atoms with Gasteiger partial charge in [0.25, 0.3) is 0 Å². The number of hydrogen-bond donors (Lipinski definition) is 2. The summed E-state index contributed by atoms with van der Waals surface area (Å²) in [7, 11) is 0. The molecule has 0 unspecified atom stereocenters. The number of H-pyrrole nitrogens is 1. The van der Waals surface area contributed by atoms with Crippen molar-refractivity contribution in [2.24, 2.45) is 5.73 Å². The third-order valence-corrected chi connectivity index (χ3v) is 2.36. The van der Waals surface area contributed by atoms with Crippen molar-refractivity contribution in [1.29, 1.82) is 0 Å². The molecule has 0 spiro atoms. The average Bonchev–Trinajstić information content (AvgIpc) is 2.67. The van der Waals surface area contributed by atoms with Gasteiger partial charge in [-0.15, -0.1) is 0 Å². The molecule has 0 aliphatic carbocycles. The number of aromatic amines is 1. The molecule has 0 saturated carbocycles. The zero-order chi connectivity index (χ0) is 10.7. The summed E-state index contributed by atoms with van der Waals surface area (Å²) in [6, 6.07) is 10.4. The molecule has 0 atom stereocenters. The molecule has 0 saturated heterocycles. The second-order valence-corrected chi connectivity index (χ2v) is 3.69. The fraction of sp³-hybridized carbons (Fsp3) is 0.250. The Morgan fingerprint density at radius 2 is 2.20 bits per heavy atom. The van der Waals surface area contributed by atoms with Crippen LogP contribution in [0.4, 0.5) is 0 Å². The number of nitrogens with two attached hydrogens (primary N) is 1. The number of nitrogens with zero attached hydrogens (tertiary/aromatic N) is 1. The van der Waals surface area contributed by atoms with Gasteiger partial charge in [0.2, 0.25) is 0 Å². The second-order valence-electron chi connectivity index (χ2n) is 3.69. The van der Waals surface area contributed by atoms with Crippen molar-refractivity contribution in [3.63, 3.8) is 0 Å². The highest BCUT2D eigenvalue weighted by Crippen LogP contribution is 2.18. The van der Waals surface area contributed by atoms with E-state index in [4.69, 9.17) is 5.73 Å². The molecule has 1 aromatic carbocycles. The van der Waals surface area contributed by atoms with E-state index in [-0.39, 0.29) is 0 Å². The Morgan fingerprint density at radius 3 is 2.93 bits per heavy atom. The summed E-state index contributed by atoms with van der Waals surface area (Å²) >= 11 is 0. The smallest absolute Gasteiger partial charge is 0.0923 e. The van der Waals surface area contributed by atoms with Crippen LogP contribution in [0.15, 0.2) is 30.3 Å². The van der Waals surface area contributed by atoms with Gasteiger partial charge in [0.05, 0.1) is 5.69 Å². The lowest BCUT2D eigenvalue weighted by molar-refractivity contribution is 0.902. The van der Waals surface area contributed by atoms with Crippen LogP contribution in [0.3, 0.4) is 0 Å². The number of rotatable bonds is 3. The molecular formula is C12H15N3. The number of aryl methyl sites for hydroxylation is 1. The summed E-state index contributed by atoms with van der Waals surface area (Å²) in [6.07, 6.45) is 0.846. The maximum Gasteiger partial charge on any atom is 0.0923 e. The molecule has 3 nitrogen and oxygen atoms in total. The average molecular weight is 201 g/mol. The SMILES string of the molecule is Cc1cccc(-c2cc(CCN)[nH]n2)c1. The van der Waals surface area contributed by atoms with E-state index in [0.717, 1.165) is 23.4 Å². The monoisotopic (exact) mass is 201 g/mol. The van der Waals surface area contributed by atoms with Crippen LogP contribution in [0, 0.1) is 6.92 Å². The quantitative estimate of drug-likeness (QED) is 0.796. The molecule has 1 heterocycles. The lowest BCUT2D eigenvalue weighted by Gasteiger charge is -1.96. The third-order valence-electron chi connectivity index (χ3n) is 2.36. The minimum Gasteiger partial charge on any atom is -0.330 e. The van der Waals surface area contributed by atoms with E-state index in [1.54, 1.807) is 0 Å². The van der Waals surface area contributed by atoms with Crippen LogP contribution in [-0.2, 0) is 6.42 Å². The molecule has 1 aromatic heterocycles. The van der Waals surface area contributed by atoms with Gasteiger partial charge in [-0.3, -0.25) is 5.10 Å². The summed E-state index contributed by atoms with van der Waals surface area (Å²) < 4.78 is 0. The molecular weight excluding hydrogens is 186 g/mol. The van der Waals surface area contributed by atoms with Crippen LogP contribution in [0.1, 0.15) is 11.3 Å². The summed E-state index contributed by atoms with van der Waals surface area (Å²) in [5.74, 6) is 0. The summed E-state index contributed by atoms with van der Waals surface area (Å²) in [5, 5.41) is 7.26. The first-order chi connectivity index (χ1) is 7.29. The van der Waals surface area contributed by atoms with Crippen LogP contribution < -0.4 is 5.73 Å². The van der Waals surface area contributed by atoms with E-state index in [0.29, 0.717) is 6.54 Å². The van der Waals surface area contributed by atoms with Crippen LogP contribution >= 0.6 is 0 Å². The first kappa shape index (κ1) is 9.93. The van der Waals surface area contributed by atoms with Crippen molar-refractivity contribution in [3.8, 4) is 11.3 Å². The minimum atomic E-state index is 0.648. The fourth-order valence-corrected chi connectivity index (χ4v) is 1.60. The Bertz CT molecular complexity index is 446. The number of hydrogen-bond acceptors (Lipinski definition) is 2. The maximum absolute atomic E-state index is 5.48. The third kappa shape index (κ3) is 2.25. The molecule has 15 heavy (non-hydrogen) atoms. The lowest BCUT2D eigenvalue weighted by atomic mass is 10.1. The summed E-state index contributed by atoms with van der Waals surface area (Å²) in [4.78, 5) is 0. The molecule has 0 amide bonds. The van der Waals surface area contributed by atoms with Crippen molar-refractivity contribution in [1.82, 2.24) is 10.2 Å². The van der Waals surface area contributed by atoms with Gasteiger partial charge in [0.15, 0.2) is 0 Å². The molecule has 0 bridgehead atoms. The van der Waals surface area contributed by atoms with Crippen molar-refractivity contribution in [2.45, 2.75) is 13.3 Å². The van der Waals surface area contributed by atoms with Crippen molar-refractivity contribution in [3.05, 3.63) is 41.6 Å². The van der Waals surface area contributed by atoms with E-state index in [1.807, 2.05) is 6.07 Å². The Kier molecular flexibility index (Phi) is 2.83. The zero-order valence-electron chi connectivity index (χ0n) is 8.83. The van der Waals surface area contributed by atoms with Gasteiger partial charge in [-0.05, 0) is 25.6 Å². The number of benzene rings is 1. The normalized spacial score (nSPS) is 10.5. The Morgan fingerprint density at radius 1 is 1.33 bits per heavy atom. The highest BCUT2D eigenvalue weighted by molar-refractivity contribution is 5.60. The van der Waals surface area contributed by atoms with Gasteiger partial charge >= 0.3 is 0 Å². The first-order valence-electron chi connectivity index (χ1n) is 5.11. The summed E-state index contributed by atoms with van der Waals surface area (Å²) in [6.45, 7) is 2.73. The molecule has 3 heteroatoms. The van der Waals surface area contributed by atoms with Crippen molar-refractivity contribution in [2.75, 3.05) is 6.54 Å². The van der Waals surface area contributed by atoms with E-state index in [9.17, 15) is 0 Å². The van der Waals surface area contributed by atoms with E-state index >= 15 is 0 Å². The second kappa shape index (κ2) is 4.28. The van der Waals surface area contributed by atoms with E-state index in [1.165, 1.54) is 5.56 Å². The predicted molar refractivity (Wildman–Crippen MR) is 61.5 cm³/mol. The molecule has 78 valence electrons. The molecule has 0 fully saturated rings. The van der Waals surface area contributed by atoms with Gasteiger partial charge in [0.1, 0.15) is 0 Å². The standard InChI is InChI=1S/C12H15N3/c1-9-3-2-4-10(7-9)12-8-11(5-6-13)14-15-12/h2-4,7-8H,5-6,13H2,1H3,(H,14,15). The maximum atomic E-state index is 5.48. The number of nitrogens with one attached hydrogen (secondary N) is 1.